The van der Waals surface area contributed by atoms with E-state index >= 15 is 0 Å². The van der Waals surface area contributed by atoms with E-state index in [4.69, 9.17) is 0 Å². The van der Waals surface area contributed by atoms with Crippen LogP contribution in [0, 0.1) is 0 Å². The molecule has 2 aromatic carbocycles. The van der Waals surface area contributed by atoms with Gasteiger partial charge >= 0.3 is 7.12 Å². The summed E-state index contributed by atoms with van der Waals surface area (Å²) < 4.78 is 0. The van der Waals surface area contributed by atoms with E-state index in [1.165, 1.54) is 5.56 Å². The molecular weight excluding hydrogens is 309 g/mol. The summed E-state index contributed by atoms with van der Waals surface area (Å²) in [7, 11) is -1.44. The van der Waals surface area contributed by atoms with Crippen LogP contribution in [0.5, 0.6) is 0 Å². The highest BCUT2D eigenvalue weighted by molar-refractivity contribution is 6.58. The molecule has 0 aliphatic rings. The van der Waals surface area contributed by atoms with Crippen molar-refractivity contribution in [1.29, 1.82) is 0 Å². The van der Waals surface area contributed by atoms with Crippen molar-refractivity contribution in [3.63, 3.8) is 0 Å². The fourth-order valence-electron chi connectivity index (χ4n) is 2.91. The maximum absolute atomic E-state index is 9.24. The number of benzene rings is 2. The molecule has 25 heavy (non-hydrogen) atoms. The van der Waals surface area contributed by atoms with Crippen LogP contribution in [0.2, 0.25) is 0 Å². The zero-order chi connectivity index (χ0) is 18.4. The first-order valence-electron chi connectivity index (χ1n) is 8.53. The fraction of sp³-hybridized carbons (Fsp3) is 0.238. The molecule has 0 bridgehead atoms. The topological polar surface area (TPSA) is 43.7 Å². The first-order chi connectivity index (χ1) is 11.9. The third-order valence-corrected chi connectivity index (χ3v) is 4.28. The van der Waals surface area contributed by atoms with Crippen LogP contribution in [-0.4, -0.2) is 17.2 Å². The number of hydrogen-bond acceptors (Lipinski definition) is 3. The van der Waals surface area contributed by atoms with Crippen molar-refractivity contribution >= 4 is 18.3 Å². The zero-order valence-electron chi connectivity index (χ0n) is 15.2. The van der Waals surface area contributed by atoms with Crippen LogP contribution in [0.4, 0.5) is 5.69 Å². The Morgan fingerprint density at radius 2 is 1.80 bits per heavy atom. The van der Waals surface area contributed by atoms with E-state index < -0.39 is 7.12 Å². The molecule has 0 heterocycles. The maximum atomic E-state index is 9.24. The minimum absolute atomic E-state index is 0.315. The molecule has 0 amide bonds. The summed E-state index contributed by atoms with van der Waals surface area (Å²) in [6, 6.07) is 15.7. The monoisotopic (exact) mass is 335 g/mol. The van der Waals surface area contributed by atoms with E-state index in [1.54, 1.807) is 12.1 Å². The molecule has 3 nitrogen and oxygen atoms in total. The summed E-state index contributed by atoms with van der Waals surface area (Å²) in [6.45, 7) is 11.1. The number of nitrogens with zero attached hydrogens (tertiary/aromatic N) is 1. The van der Waals surface area contributed by atoms with Gasteiger partial charge in [0.25, 0.3) is 0 Å². The second kappa shape index (κ2) is 8.70. The summed E-state index contributed by atoms with van der Waals surface area (Å²) in [5.41, 5.74) is 4.94. The molecule has 4 heteroatoms. The minimum Gasteiger partial charge on any atom is -0.423 e. The summed E-state index contributed by atoms with van der Waals surface area (Å²) >= 11 is 0. The van der Waals surface area contributed by atoms with Crippen LogP contribution in [0.3, 0.4) is 0 Å². The first kappa shape index (κ1) is 19.0. The summed E-state index contributed by atoms with van der Waals surface area (Å²) in [5, 5.41) is 18.5. The largest absolute Gasteiger partial charge is 0.488 e. The molecule has 2 rings (SSSR count). The highest BCUT2D eigenvalue weighted by Crippen LogP contribution is 2.31. The third kappa shape index (κ3) is 4.85. The Kier molecular flexibility index (Phi) is 6.62. The Hall–Kier alpha value is -2.30. The lowest BCUT2D eigenvalue weighted by atomic mass is 9.80. The Labute approximate surface area is 151 Å². The Bertz CT molecular complexity index is 738. The molecule has 0 aliphatic heterocycles. The van der Waals surface area contributed by atoms with Crippen molar-refractivity contribution < 1.29 is 10.0 Å². The smallest absolute Gasteiger partial charge is 0.423 e. The van der Waals surface area contributed by atoms with Crippen molar-refractivity contribution in [2.24, 2.45) is 0 Å². The Morgan fingerprint density at radius 3 is 2.36 bits per heavy atom. The van der Waals surface area contributed by atoms with Crippen molar-refractivity contribution in [1.82, 2.24) is 0 Å². The van der Waals surface area contributed by atoms with E-state index in [2.05, 4.69) is 48.8 Å². The molecule has 130 valence electrons. The summed E-state index contributed by atoms with van der Waals surface area (Å²) in [5.74, 6) is 0.315. The summed E-state index contributed by atoms with van der Waals surface area (Å²) in [4.78, 5) is 2.19. The van der Waals surface area contributed by atoms with Crippen LogP contribution in [-0.2, 0) is 6.54 Å². The van der Waals surface area contributed by atoms with Gasteiger partial charge in [0.1, 0.15) is 0 Å². The van der Waals surface area contributed by atoms with Gasteiger partial charge in [0.2, 0.25) is 0 Å². The SMILES string of the molecule is C=C(C)N(Cc1ccc(B(O)O)cc1)c1ccccc1C(C)/C=C\C. The second-order valence-electron chi connectivity index (χ2n) is 6.31. The van der Waals surface area contributed by atoms with Gasteiger partial charge in [-0.2, -0.15) is 0 Å². The average molecular weight is 335 g/mol. The van der Waals surface area contributed by atoms with Crippen molar-refractivity contribution in [2.45, 2.75) is 33.2 Å². The normalized spacial score (nSPS) is 12.2. The van der Waals surface area contributed by atoms with E-state index in [0.29, 0.717) is 17.9 Å². The van der Waals surface area contributed by atoms with E-state index in [-0.39, 0.29) is 0 Å². The van der Waals surface area contributed by atoms with Crippen molar-refractivity contribution in [2.75, 3.05) is 4.90 Å². The van der Waals surface area contributed by atoms with Crippen LogP contribution >= 0.6 is 0 Å². The molecule has 0 saturated heterocycles. The summed E-state index contributed by atoms with van der Waals surface area (Å²) in [6.07, 6.45) is 4.26. The van der Waals surface area contributed by atoms with Gasteiger partial charge in [-0.05, 0) is 36.5 Å². The van der Waals surface area contributed by atoms with Crippen LogP contribution in [0.15, 0.2) is 73.0 Å². The van der Waals surface area contributed by atoms with Crippen molar-refractivity contribution in [3.05, 3.63) is 84.1 Å². The van der Waals surface area contributed by atoms with Gasteiger partial charge in [0.05, 0.1) is 0 Å². The quantitative estimate of drug-likeness (QED) is 0.600. The molecule has 0 radical (unpaired) electrons. The fourth-order valence-corrected chi connectivity index (χ4v) is 2.91. The number of allylic oxidation sites excluding steroid dienone is 3. The second-order valence-corrected chi connectivity index (χ2v) is 6.31. The van der Waals surface area contributed by atoms with Gasteiger partial charge in [-0.1, -0.05) is 68.1 Å². The Morgan fingerprint density at radius 1 is 1.16 bits per heavy atom. The number of para-hydroxylation sites is 1. The zero-order valence-corrected chi connectivity index (χ0v) is 15.2. The standard InChI is InChI=1S/C21H26BNO2/c1-5-8-17(4)20-9-6-7-10-21(20)23(16(2)3)15-18-11-13-19(14-12-18)22(24)25/h5-14,17,24-25H,2,15H2,1,3-4H3/b8-5-. The Balaban J connectivity index is 2.34. The minimum atomic E-state index is -1.44. The van der Waals surface area contributed by atoms with Gasteiger partial charge < -0.3 is 14.9 Å². The molecule has 0 aromatic heterocycles. The third-order valence-electron chi connectivity index (χ3n) is 4.28. The van der Waals surface area contributed by atoms with E-state index in [1.807, 2.05) is 32.0 Å². The highest BCUT2D eigenvalue weighted by atomic mass is 16.4. The van der Waals surface area contributed by atoms with Crippen LogP contribution < -0.4 is 10.4 Å². The van der Waals surface area contributed by atoms with Crippen molar-refractivity contribution in [3.8, 4) is 0 Å². The molecule has 1 atom stereocenters. The van der Waals surface area contributed by atoms with Crippen LogP contribution in [0.1, 0.15) is 37.8 Å². The van der Waals surface area contributed by atoms with Gasteiger partial charge in [0.15, 0.2) is 0 Å². The van der Waals surface area contributed by atoms with Gasteiger partial charge in [0, 0.05) is 23.8 Å². The number of hydrogen-bond donors (Lipinski definition) is 2. The molecule has 0 aliphatic carbocycles. The van der Waals surface area contributed by atoms with E-state index in [0.717, 1.165) is 16.9 Å². The number of anilines is 1. The molecule has 1 unspecified atom stereocenters. The van der Waals surface area contributed by atoms with Gasteiger partial charge in [-0.25, -0.2) is 0 Å². The lowest BCUT2D eigenvalue weighted by Crippen LogP contribution is -2.29. The highest BCUT2D eigenvalue weighted by Gasteiger charge is 2.16. The molecule has 0 fully saturated rings. The molecular formula is C21H26BNO2. The molecule has 0 spiro atoms. The average Bonchev–Trinajstić information content (AvgIpc) is 2.60. The molecule has 0 saturated carbocycles. The lowest BCUT2D eigenvalue weighted by molar-refractivity contribution is 0.426. The molecule has 2 N–H and O–H groups in total. The predicted octanol–water partition coefficient (Wildman–Crippen LogP) is 3.59. The van der Waals surface area contributed by atoms with E-state index in [9.17, 15) is 10.0 Å². The predicted molar refractivity (Wildman–Crippen MR) is 107 cm³/mol. The lowest BCUT2D eigenvalue weighted by Gasteiger charge is -2.29. The number of rotatable bonds is 7. The van der Waals surface area contributed by atoms with Gasteiger partial charge in [-0.3, -0.25) is 0 Å². The first-order valence-corrected chi connectivity index (χ1v) is 8.53. The maximum Gasteiger partial charge on any atom is 0.488 e. The van der Waals surface area contributed by atoms with Gasteiger partial charge in [-0.15, -0.1) is 0 Å². The van der Waals surface area contributed by atoms with Crippen LogP contribution in [0.25, 0.3) is 0 Å². The molecule has 2 aromatic rings.